The van der Waals surface area contributed by atoms with Gasteiger partial charge in [0.2, 0.25) is 3.79 Å². The fourth-order valence-corrected chi connectivity index (χ4v) is 1.72. The van der Waals surface area contributed by atoms with E-state index < -0.39 is 15.9 Å². The second-order valence-corrected chi connectivity index (χ2v) is 6.29. The van der Waals surface area contributed by atoms with Gasteiger partial charge in [-0.2, -0.15) is 0 Å². The van der Waals surface area contributed by atoms with Gasteiger partial charge in [-0.3, -0.25) is 4.79 Å². The maximum absolute atomic E-state index is 11.6. The normalized spacial score (nSPS) is 13.5. The lowest BCUT2D eigenvalue weighted by atomic mass is 10.1. The molecule has 2 nitrogen and oxygen atoms in total. The SMILES string of the molecule is CC(C)C(=O)OC(c1ccccc1)C(Cl)(Cl)Cl. The smallest absolute Gasteiger partial charge is 0.309 e. The highest BCUT2D eigenvalue weighted by atomic mass is 35.6. The zero-order valence-electron chi connectivity index (χ0n) is 9.49. The van der Waals surface area contributed by atoms with Crippen LogP contribution >= 0.6 is 34.8 Å². The van der Waals surface area contributed by atoms with Crippen LogP contribution in [0.5, 0.6) is 0 Å². The molecule has 0 saturated heterocycles. The van der Waals surface area contributed by atoms with Crippen LogP contribution in [-0.2, 0) is 9.53 Å². The van der Waals surface area contributed by atoms with Crippen molar-refractivity contribution in [2.75, 3.05) is 0 Å². The van der Waals surface area contributed by atoms with Gasteiger partial charge in [-0.25, -0.2) is 0 Å². The van der Waals surface area contributed by atoms with Gasteiger partial charge in [0.25, 0.3) is 0 Å². The summed E-state index contributed by atoms with van der Waals surface area (Å²) in [7, 11) is 0. The number of esters is 1. The molecule has 0 aliphatic carbocycles. The fraction of sp³-hybridized carbons (Fsp3) is 0.417. The molecule has 1 aromatic rings. The van der Waals surface area contributed by atoms with E-state index in [1.165, 1.54) is 0 Å². The summed E-state index contributed by atoms with van der Waals surface area (Å²) in [6.45, 7) is 3.45. The molecule has 1 rings (SSSR count). The van der Waals surface area contributed by atoms with Crippen LogP contribution in [0.3, 0.4) is 0 Å². The number of benzene rings is 1. The summed E-state index contributed by atoms with van der Waals surface area (Å²) in [6.07, 6.45) is -0.899. The predicted octanol–water partition coefficient (Wildman–Crippen LogP) is 4.30. The number of alkyl halides is 3. The Morgan fingerprint density at radius 1 is 1.18 bits per heavy atom. The van der Waals surface area contributed by atoms with Crippen molar-refractivity contribution >= 4 is 40.8 Å². The van der Waals surface area contributed by atoms with Gasteiger partial charge in [0.1, 0.15) is 0 Å². The van der Waals surface area contributed by atoms with Crippen LogP contribution in [0, 0.1) is 5.92 Å². The topological polar surface area (TPSA) is 26.3 Å². The number of halogens is 3. The first-order valence-corrected chi connectivity index (χ1v) is 6.28. The van der Waals surface area contributed by atoms with Crippen LogP contribution in [0.1, 0.15) is 25.5 Å². The zero-order valence-corrected chi connectivity index (χ0v) is 11.8. The minimum atomic E-state index is -1.69. The first kappa shape index (κ1) is 14.6. The molecular weight excluding hydrogens is 282 g/mol. The molecule has 0 amide bonds. The fourth-order valence-electron chi connectivity index (χ4n) is 1.20. The molecule has 0 saturated carbocycles. The summed E-state index contributed by atoms with van der Waals surface area (Å²) in [6, 6.07) is 8.92. The summed E-state index contributed by atoms with van der Waals surface area (Å²) in [5, 5.41) is 0. The Hall–Kier alpha value is -0.440. The first-order valence-electron chi connectivity index (χ1n) is 5.14. The molecule has 17 heavy (non-hydrogen) atoms. The summed E-state index contributed by atoms with van der Waals surface area (Å²) < 4.78 is 3.54. The number of hydrogen-bond acceptors (Lipinski definition) is 2. The average Bonchev–Trinajstić information content (AvgIpc) is 2.25. The van der Waals surface area contributed by atoms with Crippen LogP contribution in [0.2, 0.25) is 0 Å². The zero-order chi connectivity index (χ0) is 13.1. The van der Waals surface area contributed by atoms with Crippen molar-refractivity contribution in [3.8, 4) is 0 Å². The van der Waals surface area contributed by atoms with E-state index in [4.69, 9.17) is 39.5 Å². The Kier molecular flexibility index (Phi) is 5.11. The summed E-state index contributed by atoms with van der Waals surface area (Å²) >= 11 is 17.5. The highest BCUT2D eigenvalue weighted by Crippen LogP contribution is 2.42. The van der Waals surface area contributed by atoms with E-state index in [2.05, 4.69) is 0 Å². The minimum absolute atomic E-state index is 0.270. The molecule has 5 heteroatoms. The van der Waals surface area contributed by atoms with Gasteiger partial charge in [-0.15, -0.1) is 0 Å². The second kappa shape index (κ2) is 5.94. The quantitative estimate of drug-likeness (QED) is 0.614. The van der Waals surface area contributed by atoms with Crippen molar-refractivity contribution in [1.29, 1.82) is 0 Å². The van der Waals surface area contributed by atoms with Gasteiger partial charge < -0.3 is 4.74 Å². The van der Waals surface area contributed by atoms with Crippen molar-refractivity contribution in [3.63, 3.8) is 0 Å². The van der Waals surface area contributed by atoms with E-state index in [1.54, 1.807) is 38.1 Å². The first-order chi connectivity index (χ1) is 7.82. The van der Waals surface area contributed by atoms with E-state index in [0.717, 1.165) is 0 Å². The molecule has 94 valence electrons. The monoisotopic (exact) mass is 294 g/mol. The van der Waals surface area contributed by atoms with Crippen LogP contribution in [-0.4, -0.2) is 9.76 Å². The van der Waals surface area contributed by atoms with Gasteiger partial charge in [0.05, 0.1) is 5.92 Å². The van der Waals surface area contributed by atoms with Crippen molar-refractivity contribution in [1.82, 2.24) is 0 Å². The molecule has 0 heterocycles. The van der Waals surface area contributed by atoms with E-state index in [0.29, 0.717) is 5.56 Å². The maximum atomic E-state index is 11.6. The van der Waals surface area contributed by atoms with Crippen LogP contribution in [0.15, 0.2) is 30.3 Å². The summed E-state index contributed by atoms with van der Waals surface area (Å²) in [5.41, 5.74) is 0.654. The molecule has 0 fully saturated rings. The predicted molar refractivity (Wildman–Crippen MR) is 70.4 cm³/mol. The number of carbonyl (C=O) groups excluding carboxylic acids is 1. The van der Waals surface area contributed by atoms with Gasteiger partial charge in [-0.05, 0) is 5.56 Å². The third-order valence-electron chi connectivity index (χ3n) is 2.11. The van der Waals surface area contributed by atoms with E-state index in [1.807, 2.05) is 6.07 Å². The second-order valence-electron chi connectivity index (χ2n) is 3.92. The van der Waals surface area contributed by atoms with Crippen molar-refractivity contribution in [2.45, 2.75) is 23.7 Å². The molecule has 1 atom stereocenters. The van der Waals surface area contributed by atoms with Gasteiger partial charge in [0.15, 0.2) is 6.10 Å². The summed E-state index contributed by atoms with van der Waals surface area (Å²) in [4.78, 5) is 11.6. The average molecular weight is 296 g/mol. The molecule has 1 aromatic carbocycles. The lowest BCUT2D eigenvalue weighted by Gasteiger charge is -2.25. The lowest BCUT2D eigenvalue weighted by molar-refractivity contribution is -0.153. The molecule has 0 aliphatic heterocycles. The molecule has 0 aliphatic rings. The van der Waals surface area contributed by atoms with E-state index >= 15 is 0 Å². The molecule has 0 N–H and O–H groups in total. The largest absolute Gasteiger partial charge is 0.453 e. The molecule has 0 spiro atoms. The molecule has 1 unspecified atom stereocenters. The van der Waals surface area contributed by atoms with Crippen LogP contribution < -0.4 is 0 Å². The Bertz CT molecular complexity index is 371. The number of hydrogen-bond donors (Lipinski definition) is 0. The Morgan fingerprint density at radius 2 is 1.71 bits per heavy atom. The molecule has 0 bridgehead atoms. The third kappa shape index (κ3) is 4.38. The van der Waals surface area contributed by atoms with Crippen LogP contribution in [0.4, 0.5) is 0 Å². The number of rotatable bonds is 3. The number of ether oxygens (including phenoxy) is 1. The Labute approximate surface area is 116 Å². The highest BCUT2D eigenvalue weighted by molar-refractivity contribution is 6.68. The number of carbonyl (C=O) groups is 1. The van der Waals surface area contributed by atoms with Crippen molar-refractivity contribution < 1.29 is 9.53 Å². The lowest BCUT2D eigenvalue weighted by Crippen LogP contribution is -2.25. The maximum Gasteiger partial charge on any atom is 0.309 e. The Balaban J connectivity index is 2.95. The van der Waals surface area contributed by atoms with Crippen molar-refractivity contribution in [3.05, 3.63) is 35.9 Å². The van der Waals surface area contributed by atoms with Crippen LogP contribution in [0.25, 0.3) is 0 Å². The van der Waals surface area contributed by atoms with E-state index in [-0.39, 0.29) is 5.92 Å². The van der Waals surface area contributed by atoms with Gasteiger partial charge in [-0.1, -0.05) is 79.0 Å². The highest BCUT2D eigenvalue weighted by Gasteiger charge is 2.37. The molecule has 0 aromatic heterocycles. The van der Waals surface area contributed by atoms with E-state index in [9.17, 15) is 4.79 Å². The standard InChI is InChI=1S/C12H13Cl3O2/c1-8(2)11(16)17-10(12(13,14)15)9-6-4-3-5-7-9/h3-8,10H,1-2H3. The molecular formula is C12H13Cl3O2. The third-order valence-corrected chi connectivity index (χ3v) is 2.70. The van der Waals surface area contributed by atoms with Crippen molar-refractivity contribution in [2.24, 2.45) is 5.92 Å². The Morgan fingerprint density at radius 3 is 2.12 bits per heavy atom. The minimum Gasteiger partial charge on any atom is -0.453 e. The van der Waals surface area contributed by atoms with Gasteiger partial charge in [0, 0.05) is 0 Å². The van der Waals surface area contributed by atoms with Gasteiger partial charge >= 0.3 is 5.97 Å². The summed E-state index contributed by atoms with van der Waals surface area (Å²) in [5.74, 6) is -0.668. The molecule has 0 radical (unpaired) electrons.